The van der Waals surface area contributed by atoms with Crippen molar-refractivity contribution in [1.29, 1.82) is 0 Å². The Bertz CT molecular complexity index is 1100. The Morgan fingerprint density at radius 2 is 1.82 bits per heavy atom. The summed E-state index contributed by atoms with van der Waals surface area (Å²) >= 11 is 12.8. The highest BCUT2D eigenvalue weighted by Crippen LogP contribution is 2.44. The van der Waals surface area contributed by atoms with Crippen molar-refractivity contribution in [3.8, 4) is 0 Å². The zero-order valence-electron chi connectivity index (χ0n) is 19.1. The first kappa shape index (κ1) is 22.6. The van der Waals surface area contributed by atoms with Crippen LogP contribution in [0.5, 0.6) is 0 Å². The molecule has 1 N–H and O–H groups in total. The molecular formula is C26H29Cl2N3O3. The van der Waals surface area contributed by atoms with Crippen molar-refractivity contribution in [2.24, 2.45) is 0 Å². The van der Waals surface area contributed by atoms with E-state index in [1.54, 1.807) is 0 Å². The summed E-state index contributed by atoms with van der Waals surface area (Å²) in [5, 5.41) is 12.6. The second-order valence-corrected chi connectivity index (χ2v) is 11.0. The average Bonchev–Trinajstić information content (AvgIpc) is 2.78. The van der Waals surface area contributed by atoms with Gasteiger partial charge in [0.15, 0.2) is 0 Å². The fourth-order valence-electron chi connectivity index (χ4n) is 5.99. The molecule has 0 aromatic heterocycles. The molecule has 4 heterocycles. The third-order valence-electron chi connectivity index (χ3n) is 8.24. The topological polar surface area (TPSA) is 56.2 Å². The first-order valence-corrected chi connectivity index (χ1v) is 12.8. The number of piperazine rings is 1. The fraction of sp³-hybridized carbons (Fsp3) is 0.500. The SMILES string of the molecule is O=C(c1cccc(N2CCC23COC3)c1Cl)N1CCN2C[C@@](O)(c3ccc(Cl)cc3)CC[C@@H]2C1. The molecule has 2 aromatic rings. The molecule has 1 amide bonds. The van der Waals surface area contributed by atoms with Gasteiger partial charge in [-0.25, -0.2) is 0 Å². The van der Waals surface area contributed by atoms with Crippen LogP contribution in [0, 0.1) is 0 Å². The predicted molar refractivity (Wildman–Crippen MR) is 133 cm³/mol. The van der Waals surface area contributed by atoms with Gasteiger partial charge in [0.1, 0.15) is 5.60 Å². The molecule has 0 aliphatic carbocycles. The average molecular weight is 502 g/mol. The van der Waals surface area contributed by atoms with Gasteiger partial charge in [0, 0.05) is 43.8 Å². The molecule has 2 aromatic carbocycles. The molecule has 6 rings (SSSR count). The van der Waals surface area contributed by atoms with Crippen LogP contribution < -0.4 is 4.90 Å². The Kier molecular flexibility index (Phi) is 5.58. The molecule has 4 aliphatic heterocycles. The summed E-state index contributed by atoms with van der Waals surface area (Å²) in [4.78, 5) is 20.1. The second-order valence-electron chi connectivity index (χ2n) is 10.2. The molecule has 0 bridgehead atoms. The number of carbonyl (C=O) groups excluding carboxylic acids is 1. The Morgan fingerprint density at radius 1 is 1.03 bits per heavy atom. The smallest absolute Gasteiger partial charge is 0.255 e. The second kappa shape index (κ2) is 8.38. The molecule has 2 atom stereocenters. The Morgan fingerprint density at radius 3 is 2.50 bits per heavy atom. The molecule has 4 fully saturated rings. The molecule has 0 radical (unpaired) electrons. The molecular weight excluding hydrogens is 473 g/mol. The fourth-order valence-corrected chi connectivity index (χ4v) is 6.43. The van der Waals surface area contributed by atoms with Gasteiger partial charge in [0.2, 0.25) is 0 Å². The number of rotatable bonds is 3. The van der Waals surface area contributed by atoms with E-state index in [0.717, 1.165) is 50.4 Å². The number of ether oxygens (including phenoxy) is 1. The summed E-state index contributed by atoms with van der Waals surface area (Å²) in [6.07, 6.45) is 2.59. The molecule has 180 valence electrons. The molecule has 4 aliphatic rings. The first-order valence-electron chi connectivity index (χ1n) is 12.0. The number of halogens is 2. The number of fused-ring (bicyclic) bond motifs is 1. The van der Waals surface area contributed by atoms with Gasteiger partial charge in [-0.15, -0.1) is 0 Å². The number of amides is 1. The van der Waals surface area contributed by atoms with Crippen molar-refractivity contribution in [2.45, 2.75) is 36.4 Å². The molecule has 4 saturated heterocycles. The van der Waals surface area contributed by atoms with Crippen LogP contribution >= 0.6 is 23.2 Å². The number of hydrogen-bond donors (Lipinski definition) is 1. The highest BCUT2D eigenvalue weighted by molar-refractivity contribution is 6.36. The van der Waals surface area contributed by atoms with Crippen molar-refractivity contribution in [3.63, 3.8) is 0 Å². The quantitative estimate of drug-likeness (QED) is 0.693. The summed E-state index contributed by atoms with van der Waals surface area (Å²) in [5.41, 5.74) is 1.59. The van der Waals surface area contributed by atoms with Crippen molar-refractivity contribution in [1.82, 2.24) is 9.80 Å². The maximum Gasteiger partial charge on any atom is 0.255 e. The Labute approximate surface area is 210 Å². The van der Waals surface area contributed by atoms with Crippen LogP contribution in [-0.2, 0) is 10.3 Å². The van der Waals surface area contributed by atoms with Crippen LogP contribution in [0.25, 0.3) is 0 Å². The minimum atomic E-state index is -0.886. The van der Waals surface area contributed by atoms with Crippen LogP contribution in [0.1, 0.15) is 35.2 Å². The lowest BCUT2D eigenvalue weighted by Crippen LogP contribution is -2.71. The minimum absolute atomic E-state index is 0.00975. The molecule has 8 heteroatoms. The standard InChI is InChI=1S/C26H29Cl2N3O3/c27-19-6-4-18(5-7-19)26(33)9-8-20-14-29(12-13-30(20)15-26)24(32)21-2-1-3-22(23(21)28)31-11-10-25(31)16-34-17-25/h1-7,20,33H,8-17H2/t20-,26-/m1/s1. The van der Waals surface area contributed by atoms with E-state index < -0.39 is 5.60 Å². The van der Waals surface area contributed by atoms with E-state index in [1.807, 2.05) is 47.4 Å². The molecule has 0 saturated carbocycles. The van der Waals surface area contributed by atoms with Gasteiger partial charge in [-0.2, -0.15) is 0 Å². The van der Waals surface area contributed by atoms with Crippen molar-refractivity contribution in [3.05, 3.63) is 63.6 Å². The summed E-state index contributed by atoms with van der Waals surface area (Å²) in [6.45, 7) is 4.97. The lowest BCUT2D eigenvalue weighted by Gasteiger charge is -2.59. The predicted octanol–water partition coefficient (Wildman–Crippen LogP) is 3.78. The van der Waals surface area contributed by atoms with Gasteiger partial charge >= 0.3 is 0 Å². The van der Waals surface area contributed by atoms with E-state index in [2.05, 4.69) is 9.80 Å². The molecule has 34 heavy (non-hydrogen) atoms. The maximum absolute atomic E-state index is 13.5. The van der Waals surface area contributed by atoms with Crippen LogP contribution in [0.4, 0.5) is 5.69 Å². The number of anilines is 1. The van der Waals surface area contributed by atoms with Crippen molar-refractivity contribution >= 4 is 34.8 Å². The van der Waals surface area contributed by atoms with Crippen LogP contribution in [0.3, 0.4) is 0 Å². The molecule has 1 spiro atoms. The largest absolute Gasteiger partial charge is 0.384 e. The Balaban J connectivity index is 1.15. The lowest BCUT2D eigenvalue weighted by molar-refractivity contribution is -0.0847. The van der Waals surface area contributed by atoms with Crippen LogP contribution in [0.15, 0.2) is 42.5 Å². The number of hydrogen-bond acceptors (Lipinski definition) is 5. The lowest BCUT2D eigenvalue weighted by atomic mass is 9.82. The van der Waals surface area contributed by atoms with E-state index in [-0.39, 0.29) is 17.5 Å². The number of aliphatic hydroxyl groups is 1. The summed E-state index contributed by atoms with van der Waals surface area (Å²) in [6, 6.07) is 13.5. The van der Waals surface area contributed by atoms with E-state index in [4.69, 9.17) is 27.9 Å². The van der Waals surface area contributed by atoms with Crippen LogP contribution in [-0.4, -0.2) is 78.3 Å². The summed E-state index contributed by atoms with van der Waals surface area (Å²) in [7, 11) is 0. The highest BCUT2D eigenvalue weighted by Gasteiger charge is 2.51. The Hall–Kier alpha value is -1.83. The third-order valence-corrected chi connectivity index (χ3v) is 8.89. The zero-order chi connectivity index (χ0) is 23.5. The maximum atomic E-state index is 13.5. The van der Waals surface area contributed by atoms with Gasteiger partial charge in [0.25, 0.3) is 5.91 Å². The minimum Gasteiger partial charge on any atom is -0.384 e. The van der Waals surface area contributed by atoms with Gasteiger partial charge in [0.05, 0.1) is 35.0 Å². The third kappa shape index (κ3) is 3.62. The molecule has 6 nitrogen and oxygen atoms in total. The normalized spacial score (nSPS) is 28.3. The van der Waals surface area contributed by atoms with Crippen LogP contribution in [0.2, 0.25) is 10.0 Å². The summed E-state index contributed by atoms with van der Waals surface area (Å²) < 4.78 is 5.45. The number of carbonyl (C=O) groups is 1. The first-order chi connectivity index (χ1) is 16.4. The van der Waals surface area contributed by atoms with E-state index in [9.17, 15) is 9.90 Å². The van der Waals surface area contributed by atoms with Crippen molar-refractivity contribution < 1.29 is 14.6 Å². The monoisotopic (exact) mass is 501 g/mol. The zero-order valence-corrected chi connectivity index (χ0v) is 20.6. The van der Waals surface area contributed by atoms with E-state index in [1.165, 1.54) is 0 Å². The van der Waals surface area contributed by atoms with Crippen molar-refractivity contribution in [2.75, 3.05) is 50.8 Å². The van der Waals surface area contributed by atoms with E-state index >= 15 is 0 Å². The van der Waals surface area contributed by atoms with Gasteiger partial charge in [-0.3, -0.25) is 9.69 Å². The number of nitrogens with zero attached hydrogens (tertiary/aromatic N) is 3. The molecule has 0 unspecified atom stereocenters. The highest BCUT2D eigenvalue weighted by atomic mass is 35.5. The number of piperidine rings is 1. The van der Waals surface area contributed by atoms with Gasteiger partial charge in [-0.1, -0.05) is 41.4 Å². The van der Waals surface area contributed by atoms with E-state index in [0.29, 0.717) is 41.7 Å². The number of benzene rings is 2. The van der Waals surface area contributed by atoms with Gasteiger partial charge < -0.3 is 19.6 Å². The summed E-state index contributed by atoms with van der Waals surface area (Å²) in [5.74, 6) is -0.00975. The van der Waals surface area contributed by atoms with Gasteiger partial charge in [-0.05, 0) is 49.1 Å².